The number of benzene rings is 1. The first-order valence-electron chi connectivity index (χ1n) is 6.56. The maximum absolute atomic E-state index is 12.0. The summed E-state index contributed by atoms with van der Waals surface area (Å²) in [6.07, 6.45) is 0.662. The molecular formula is C15H18BrNO3. The molecule has 1 aliphatic rings. The number of hydrogen-bond donors (Lipinski definition) is 1. The van der Waals surface area contributed by atoms with Gasteiger partial charge in [-0.15, -0.1) is 0 Å². The molecule has 108 valence electrons. The number of amides is 1. The van der Waals surface area contributed by atoms with Crippen molar-refractivity contribution in [2.24, 2.45) is 5.92 Å². The minimum absolute atomic E-state index is 0.106. The van der Waals surface area contributed by atoms with Gasteiger partial charge >= 0.3 is 5.97 Å². The molecule has 1 atom stereocenters. The normalized spacial score (nSPS) is 18.2. The molecule has 1 amide bonds. The summed E-state index contributed by atoms with van der Waals surface area (Å²) in [6.45, 7) is 5.45. The fraction of sp³-hybridized carbons (Fsp3) is 0.467. The number of ether oxygens (including phenoxy) is 1. The third-order valence-corrected chi connectivity index (χ3v) is 3.49. The molecule has 1 unspecified atom stereocenters. The highest BCUT2D eigenvalue weighted by atomic mass is 79.9. The third kappa shape index (κ3) is 3.82. The van der Waals surface area contributed by atoms with Gasteiger partial charge < -0.3 is 10.1 Å². The van der Waals surface area contributed by atoms with E-state index in [0.29, 0.717) is 6.42 Å². The summed E-state index contributed by atoms with van der Waals surface area (Å²) in [5.74, 6) is -0.826. The average Bonchev–Trinajstić information content (AvgIpc) is 2.28. The van der Waals surface area contributed by atoms with Gasteiger partial charge in [-0.05, 0) is 51.0 Å². The molecule has 0 saturated heterocycles. The Kier molecular flexibility index (Phi) is 4.18. The van der Waals surface area contributed by atoms with Gasteiger partial charge in [-0.2, -0.15) is 0 Å². The van der Waals surface area contributed by atoms with Crippen LogP contribution < -0.4 is 5.32 Å². The summed E-state index contributed by atoms with van der Waals surface area (Å²) in [6, 6.07) is 5.71. The number of halogens is 1. The Bertz CT molecular complexity index is 549. The molecule has 0 aliphatic carbocycles. The van der Waals surface area contributed by atoms with Gasteiger partial charge in [-0.3, -0.25) is 9.59 Å². The molecule has 5 heteroatoms. The van der Waals surface area contributed by atoms with Gasteiger partial charge in [0, 0.05) is 10.2 Å². The second kappa shape index (κ2) is 5.56. The summed E-state index contributed by atoms with van der Waals surface area (Å²) in [5, 5.41) is 2.84. The van der Waals surface area contributed by atoms with Crippen LogP contribution in [0.3, 0.4) is 0 Å². The predicted molar refractivity (Wildman–Crippen MR) is 80.4 cm³/mol. The van der Waals surface area contributed by atoms with Crippen molar-refractivity contribution in [1.29, 1.82) is 0 Å². The van der Waals surface area contributed by atoms with E-state index in [-0.39, 0.29) is 24.2 Å². The fourth-order valence-electron chi connectivity index (χ4n) is 2.20. The van der Waals surface area contributed by atoms with Crippen LogP contribution in [0.1, 0.15) is 32.8 Å². The van der Waals surface area contributed by atoms with Crippen molar-refractivity contribution in [3.05, 3.63) is 28.2 Å². The lowest BCUT2D eigenvalue weighted by Crippen LogP contribution is -2.33. The third-order valence-electron chi connectivity index (χ3n) is 3.00. The number of esters is 1. The van der Waals surface area contributed by atoms with Crippen molar-refractivity contribution in [3.8, 4) is 0 Å². The van der Waals surface area contributed by atoms with Crippen LogP contribution in [-0.2, 0) is 20.7 Å². The number of hydrogen-bond acceptors (Lipinski definition) is 3. The average molecular weight is 340 g/mol. The van der Waals surface area contributed by atoms with Gasteiger partial charge in [0.1, 0.15) is 5.60 Å². The first-order valence-corrected chi connectivity index (χ1v) is 7.35. The monoisotopic (exact) mass is 339 g/mol. The number of carbonyl (C=O) groups excluding carboxylic acids is 2. The molecule has 1 N–H and O–H groups in total. The van der Waals surface area contributed by atoms with E-state index in [0.717, 1.165) is 15.7 Å². The van der Waals surface area contributed by atoms with Gasteiger partial charge in [0.2, 0.25) is 5.91 Å². The van der Waals surface area contributed by atoms with Gasteiger partial charge in [-0.1, -0.05) is 15.9 Å². The minimum atomic E-state index is -0.525. The molecule has 4 nitrogen and oxygen atoms in total. The Labute approximate surface area is 127 Å². The summed E-state index contributed by atoms with van der Waals surface area (Å²) in [4.78, 5) is 23.9. The van der Waals surface area contributed by atoms with Crippen LogP contribution in [0.25, 0.3) is 0 Å². The van der Waals surface area contributed by atoms with E-state index < -0.39 is 5.60 Å². The Morgan fingerprint density at radius 2 is 2.15 bits per heavy atom. The highest BCUT2D eigenvalue weighted by molar-refractivity contribution is 9.10. The van der Waals surface area contributed by atoms with E-state index in [1.807, 2.05) is 39.0 Å². The number of nitrogens with one attached hydrogen (secondary N) is 1. The minimum Gasteiger partial charge on any atom is -0.460 e. The van der Waals surface area contributed by atoms with Gasteiger partial charge in [0.25, 0.3) is 0 Å². The van der Waals surface area contributed by atoms with Crippen LogP contribution in [0, 0.1) is 5.92 Å². The Morgan fingerprint density at radius 3 is 2.80 bits per heavy atom. The predicted octanol–water partition coefficient (Wildman–Crippen LogP) is 3.29. The SMILES string of the molecule is CC(C)(C)OC(=O)CC1Cc2cc(Br)ccc2NC1=O. The van der Waals surface area contributed by atoms with E-state index in [1.165, 1.54) is 0 Å². The van der Waals surface area contributed by atoms with Crippen molar-refractivity contribution >= 4 is 33.5 Å². The van der Waals surface area contributed by atoms with Crippen molar-refractivity contribution in [1.82, 2.24) is 0 Å². The summed E-state index contributed by atoms with van der Waals surface area (Å²) in [7, 11) is 0. The van der Waals surface area contributed by atoms with Crippen molar-refractivity contribution in [2.75, 3.05) is 5.32 Å². The Balaban J connectivity index is 2.07. The lowest BCUT2D eigenvalue weighted by atomic mass is 9.91. The smallest absolute Gasteiger partial charge is 0.307 e. The molecule has 1 aromatic rings. The molecule has 0 fully saturated rings. The number of carbonyl (C=O) groups is 2. The molecule has 0 aromatic heterocycles. The van der Waals surface area contributed by atoms with Crippen molar-refractivity contribution in [2.45, 2.75) is 39.2 Å². The maximum Gasteiger partial charge on any atom is 0.307 e. The second-order valence-electron chi connectivity index (χ2n) is 5.98. The molecule has 1 heterocycles. The van der Waals surface area contributed by atoms with E-state index in [9.17, 15) is 9.59 Å². The van der Waals surface area contributed by atoms with E-state index in [2.05, 4.69) is 21.2 Å². The largest absolute Gasteiger partial charge is 0.460 e. The molecular weight excluding hydrogens is 322 g/mol. The van der Waals surface area contributed by atoms with E-state index in [4.69, 9.17) is 4.74 Å². The molecule has 1 aromatic carbocycles. The van der Waals surface area contributed by atoms with E-state index in [1.54, 1.807) is 0 Å². The zero-order valence-electron chi connectivity index (χ0n) is 11.8. The maximum atomic E-state index is 12.0. The number of anilines is 1. The summed E-state index contributed by atoms with van der Waals surface area (Å²) in [5.41, 5.74) is 1.33. The quantitative estimate of drug-likeness (QED) is 0.841. The van der Waals surface area contributed by atoms with Gasteiger partial charge in [0.05, 0.1) is 12.3 Å². The molecule has 1 aliphatic heterocycles. The van der Waals surface area contributed by atoms with Gasteiger partial charge in [-0.25, -0.2) is 0 Å². The Morgan fingerprint density at radius 1 is 1.45 bits per heavy atom. The van der Waals surface area contributed by atoms with Crippen molar-refractivity contribution < 1.29 is 14.3 Å². The fourth-order valence-corrected chi connectivity index (χ4v) is 2.60. The van der Waals surface area contributed by atoms with Gasteiger partial charge in [0.15, 0.2) is 0 Å². The van der Waals surface area contributed by atoms with Crippen LogP contribution in [0.15, 0.2) is 22.7 Å². The summed E-state index contributed by atoms with van der Waals surface area (Å²) < 4.78 is 6.23. The lowest BCUT2D eigenvalue weighted by Gasteiger charge is -2.26. The van der Waals surface area contributed by atoms with Crippen LogP contribution in [0.2, 0.25) is 0 Å². The van der Waals surface area contributed by atoms with Crippen LogP contribution in [0.4, 0.5) is 5.69 Å². The highest BCUT2D eigenvalue weighted by Crippen LogP contribution is 2.30. The van der Waals surface area contributed by atoms with Crippen LogP contribution in [0.5, 0.6) is 0 Å². The standard InChI is InChI=1S/C15H18BrNO3/c1-15(2,3)20-13(18)8-10-6-9-7-11(16)4-5-12(9)17-14(10)19/h4-5,7,10H,6,8H2,1-3H3,(H,17,19). The summed E-state index contributed by atoms with van der Waals surface area (Å²) >= 11 is 3.41. The zero-order chi connectivity index (χ0) is 14.9. The number of rotatable bonds is 2. The Hall–Kier alpha value is -1.36. The van der Waals surface area contributed by atoms with E-state index >= 15 is 0 Å². The zero-order valence-corrected chi connectivity index (χ0v) is 13.4. The number of fused-ring (bicyclic) bond motifs is 1. The van der Waals surface area contributed by atoms with Crippen molar-refractivity contribution in [3.63, 3.8) is 0 Å². The van der Waals surface area contributed by atoms with Crippen LogP contribution in [-0.4, -0.2) is 17.5 Å². The topological polar surface area (TPSA) is 55.4 Å². The molecule has 0 radical (unpaired) electrons. The second-order valence-corrected chi connectivity index (χ2v) is 6.90. The molecule has 2 rings (SSSR count). The van der Waals surface area contributed by atoms with Crippen LogP contribution >= 0.6 is 15.9 Å². The first kappa shape index (κ1) is 15.0. The molecule has 0 spiro atoms. The molecule has 20 heavy (non-hydrogen) atoms. The highest BCUT2D eigenvalue weighted by Gasteiger charge is 2.30. The first-order chi connectivity index (χ1) is 9.24. The molecule has 0 bridgehead atoms. The molecule has 0 saturated carbocycles. The lowest BCUT2D eigenvalue weighted by molar-refractivity contribution is -0.157.